The first-order chi connectivity index (χ1) is 12.9. The largest absolute Gasteiger partial charge is 0.463 e. The minimum atomic E-state index is 0.596. The van der Waals surface area contributed by atoms with E-state index in [-0.39, 0.29) is 0 Å². The summed E-state index contributed by atoms with van der Waals surface area (Å²) in [6.07, 6.45) is 6.82. The molecule has 5 heteroatoms. The normalized spacial score (nSPS) is 11.4. The van der Waals surface area contributed by atoms with Gasteiger partial charge in [0.1, 0.15) is 0 Å². The van der Waals surface area contributed by atoms with Gasteiger partial charge in [0.25, 0.3) is 0 Å². The molecule has 5 nitrogen and oxygen atoms in total. The topological polar surface area (TPSA) is 68.1 Å². The van der Waals surface area contributed by atoms with Crippen LogP contribution in [0.15, 0.2) is 80.5 Å². The van der Waals surface area contributed by atoms with Crippen LogP contribution in [0.5, 0.6) is 0 Å². The van der Waals surface area contributed by atoms with Crippen molar-refractivity contribution in [1.29, 1.82) is 0 Å². The van der Waals surface area contributed by atoms with Gasteiger partial charge in [-0.15, -0.1) is 0 Å². The minimum Gasteiger partial charge on any atom is -0.463 e. The van der Waals surface area contributed by atoms with E-state index < -0.39 is 0 Å². The van der Waals surface area contributed by atoms with Crippen LogP contribution in [-0.2, 0) is 12.8 Å². The van der Waals surface area contributed by atoms with Gasteiger partial charge in [-0.05, 0) is 42.3 Å². The van der Waals surface area contributed by atoms with Crippen molar-refractivity contribution >= 4 is 10.9 Å². The van der Waals surface area contributed by atoms with Crippen LogP contribution in [0.1, 0.15) is 11.5 Å². The number of furan rings is 2. The van der Waals surface area contributed by atoms with Gasteiger partial charge >= 0.3 is 0 Å². The highest BCUT2D eigenvalue weighted by molar-refractivity contribution is 5.83. The van der Waals surface area contributed by atoms with Crippen LogP contribution in [0, 0.1) is 0 Å². The quantitative estimate of drug-likeness (QED) is 0.459. The molecular formula is C21H16N2O3. The zero-order valence-electron chi connectivity index (χ0n) is 13.9. The number of nitrogens with zero attached hydrogens (tertiary/aromatic N) is 1. The highest BCUT2D eigenvalue weighted by Gasteiger charge is 2.20. The van der Waals surface area contributed by atoms with Crippen LogP contribution < -0.4 is 0 Å². The van der Waals surface area contributed by atoms with Crippen LogP contribution in [0.25, 0.3) is 33.9 Å². The second-order valence-corrected chi connectivity index (χ2v) is 6.10. The SMILES string of the molecule is c1coc(-c2nc(CCc3c[nH]c4ccccc34)oc2-c2ccco2)c1. The summed E-state index contributed by atoms with van der Waals surface area (Å²) >= 11 is 0. The van der Waals surface area contributed by atoms with Crippen molar-refractivity contribution in [2.24, 2.45) is 0 Å². The number of para-hydroxylation sites is 1. The number of benzene rings is 1. The summed E-state index contributed by atoms with van der Waals surface area (Å²) in [6.45, 7) is 0. The molecule has 0 aliphatic rings. The molecule has 0 fully saturated rings. The summed E-state index contributed by atoms with van der Waals surface area (Å²) in [5.41, 5.74) is 3.05. The first kappa shape index (κ1) is 14.8. The maximum atomic E-state index is 6.02. The van der Waals surface area contributed by atoms with Crippen LogP contribution in [0.4, 0.5) is 0 Å². The fourth-order valence-electron chi connectivity index (χ4n) is 3.21. The van der Waals surface area contributed by atoms with Gasteiger partial charge in [0, 0.05) is 23.5 Å². The molecule has 0 saturated heterocycles. The lowest BCUT2D eigenvalue weighted by Gasteiger charge is -1.96. The molecule has 0 aliphatic carbocycles. The minimum absolute atomic E-state index is 0.596. The van der Waals surface area contributed by atoms with E-state index in [4.69, 9.17) is 13.3 Å². The highest BCUT2D eigenvalue weighted by Crippen LogP contribution is 2.33. The number of rotatable bonds is 5. The predicted molar refractivity (Wildman–Crippen MR) is 97.6 cm³/mol. The Kier molecular flexibility index (Phi) is 3.49. The maximum Gasteiger partial charge on any atom is 0.201 e. The predicted octanol–water partition coefficient (Wildman–Crippen LogP) is 5.46. The number of aromatic nitrogens is 2. The third kappa shape index (κ3) is 2.54. The Labute approximate surface area is 149 Å². The van der Waals surface area contributed by atoms with E-state index in [1.54, 1.807) is 12.5 Å². The number of hydrogen-bond acceptors (Lipinski definition) is 4. The summed E-state index contributed by atoms with van der Waals surface area (Å²) in [5.74, 6) is 2.56. The Bertz CT molecular complexity index is 1080. The Hall–Kier alpha value is -3.47. The summed E-state index contributed by atoms with van der Waals surface area (Å²) in [4.78, 5) is 7.96. The molecule has 5 rings (SSSR count). The van der Waals surface area contributed by atoms with Crippen LogP contribution in [0.3, 0.4) is 0 Å². The molecule has 0 spiro atoms. The van der Waals surface area contributed by atoms with E-state index in [2.05, 4.69) is 34.4 Å². The van der Waals surface area contributed by atoms with E-state index in [0.717, 1.165) is 11.9 Å². The number of aryl methyl sites for hydroxylation is 2. The number of hydrogen-bond donors (Lipinski definition) is 1. The lowest BCUT2D eigenvalue weighted by atomic mass is 10.1. The van der Waals surface area contributed by atoms with Crippen molar-refractivity contribution in [3.63, 3.8) is 0 Å². The van der Waals surface area contributed by atoms with E-state index in [9.17, 15) is 0 Å². The molecule has 0 aliphatic heterocycles. The molecule has 128 valence electrons. The maximum absolute atomic E-state index is 6.02. The highest BCUT2D eigenvalue weighted by atomic mass is 16.4. The van der Waals surface area contributed by atoms with Gasteiger partial charge in [-0.2, -0.15) is 0 Å². The summed E-state index contributed by atoms with van der Waals surface area (Å²) in [6, 6.07) is 15.7. The molecule has 1 aromatic carbocycles. The molecular weight excluding hydrogens is 328 g/mol. The lowest BCUT2D eigenvalue weighted by molar-refractivity contribution is 0.481. The number of aromatic amines is 1. The molecule has 4 aromatic heterocycles. The zero-order chi connectivity index (χ0) is 17.3. The van der Waals surface area contributed by atoms with Gasteiger partial charge < -0.3 is 18.2 Å². The summed E-state index contributed by atoms with van der Waals surface area (Å²) in [7, 11) is 0. The summed E-state index contributed by atoms with van der Waals surface area (Å²) in [5, 5.41) is 1.23. The zero-order valence-corrected chi connectivity index (χ0v) is 13.9. The molecule has 4 heterocycles. The summed E-state index contributed by atoms with van der Waals surface area (Å²) < 4.78 is 17.0. The van der Waals surface area contributed by atoms with Gasteiger partial charge in [-0.1, -0.05) is 18.2 Å². The van der Waals surface area contributed by atoms with Crippen molar-refractivity contribution in [2.45, 2.75) is 12.8 Å². The number of nitrogens with one attached hydrogen (secondary N) is 1. The van der Waals surface area contributed by atoms with Crippen molar-refractivity contribution < 1.29 is 13.3 Å². The Morgan fingerprint density at radius 3 is 2.46 bits per heavy atom. The van der Waals surface area contributed by atoms with Crippen molar-refractivity contribution in [3.05, 3.63) is 78.7 Å². The molecule has 5 aromatic rings. The molecule has 0 radical (unpaired) electrons. The molecule has 0 bridgehead atoms. The van der Waals surface area contributed by atoms with Gasteiger partial charge in [0.15, 0.2) is 23.1 Å². The standard InChI is InChI=1S/C21H16N2O3/c1-2-6-16-15(5-1)14(13-22-16)9-10-19-23-20(17-7-3-11-24-17)21(26-19)18-8-4-12-25-18/h1-8,11-13,22H,9-10H2. The van der Waals surface area contributed by atoms with E-state index in [0.29, 0.717) is 35.3 Å². The average molecular weight is 344 g/mol. The number of oxazole rings is 1. The molecule has 0 saturated carbocycles. The smallest absolute Gasteiger partial charge is 0.201 e. The van der Waals surface area contributed by atoms with Crippen LogP contribution in [-0.4, -0.2) is 9.97 Å². The monoisotopic (exact) mass is 344 g/mol. The number of H-pyrrole nitrogens is 1. The third-order valence-electron chi connectivity index (χ3n) is 4.45. The first-order valence-corrected chi connectivity index (χ1v) is 8.51. The second kappa shape index (κ2) is 6.11. The lowest BCUT2D eigenvalue weighted by Crippen LogP contribution is -1.90. The Morgan fingerprint density at radius 2 is 1.65 bits per heavy atom. The molecule has 0 amide bonds. The molecule has 0 atom stereocenters. The second-order valence-electron chi connectivity index (χ2n) is 6.10. The Morgan fingerprint density at radius 1 is 0.846 bits per heavy atom. The first-order valence-electron chi connectivity index (χ1n) is 8.51. The average Bonchev–Trinajstić information content (AvgIpc) is 3.46. The molecule has 0 unspecified atom stereocenters. The Balaban J connectivity index is 1.47. The molecule has 1 N–H and O–H groups in total. The van der Waals surface area contributed by atoms with Gasteiger partial charge in [0.05, 0.1) is 12.5 Å². The number of fused-ring (bicyclic) bond motifs is 1. The van der Waals surface area contributed by atoms with Crippen molar-refractivity contribution in [1.82, 2.24) is 9.97 Å². The van der Waals surface area contributed by atoms with Gasteiger partial charge in [-0.3, -0.25) is 0 Å². The van der Waals surface area contributed by atoms with Gasteiger partial charge in [0.2, 0.25) is 5.76 Å². The fourth-order valence-corrected chi connectivity index (χ4v) is 3.21. The van der Waals surface area contributed by atoms with Gasteiger partial charge in [-0.25, -0.2) is 4.98 Å². The fraction of sp³-hybridized carbons (Fsp3) is 0.0952. The van der Waals surface area contributed by atoms with Crippen LogP contribution in [0.2, 0.25) is 0 Å². The third-order valence-corrected chi connectivity index (χ3v) is 4.45. The van der Waals surface area contributed by atoms with Crippen molar-refractivity contribution in [2.75, 3.05) is 0 Å². The van der Waals surface area contributed by atoms with E-state index in [1.165, 1.54) is 10.9 Å². The molecule has 26 heavy (non-hydrogen) atoms. The van der Waals surface area contributed by atoms with Crippen LogP contribution >= 0.6 is 0 Å². The van der Waals surface area contributed by atoms with E-state index in [1.807, 2.05) is 30.3 Å². The van der Waals surface area contributed by atoms with E-state index >= 15 is 0 Å². The van der Waals surface area contributed by atoms with Crippen molar-refractivity contribution in [3.8, 4) is 23.0 Å².